The maximum Gasteiger partial charge on any atom is 0.260 e. The van der Waals surface area contributed by atoms with Gasteiger partial charge in [-0.25, -0.2) is 5.48 Å². The topological polar surface area (TPSA) is 53.6 Å². The van der Waals surface area contributed by atoms with Crippen molar-refractivity contribution in [3.8, 4) is 0 Å². The Morgan fingerprint density at radius 1 is 1.41 bits per heavy atom. The van der Waals surface area contributed by atoms with Gasteiger partial charge >= 0.3 is 0 Å². The molecule has 2 rings (SSSR count). The number of hydrogen-bond donors (Lipinski definition) is 2. The summed E-state index contributed by atoms with van der Waals surface area (Å²) in [5.74, 6) is 0.690. The summed E-state index contributed by atoms with van der Waals surface area (Å²) >= 11 is 0. The molecule has 0 aromatic rings. The normalized spacial score (nSPS) is 34.8. The number of rotatable bonds is 3. The molecule has 0 aliphatic carbocycles. The van der Waals surface area contributed by atoms with E-state index in [0.29, 0.717) is 5.92 Å². The lowest BCUT2D eigenvalue weighted by molar-refractivity contribution is -0.144. The van der Waals surface area contributed by atoms with Gasteiger partial charge in [-0.05, 0) is 38.8 Å². The predicted molar refractivity (Wildman–Crippen MR) is 65.3 cm³/mol. The Labute approximate surface area is 103 Å². The highest BCUT2D eigenvalue weighted by Gasteiger charge is 2.29. The Hall–Kier alpha value is -0.650. The van der Waals surface area contributed by atoms with Gasteiger partial charge in [-0.2, -0.15) is 0 Å². The van der Waals surface area contributed by atoms with Crippen molar-refractivity contribution in [1.82, 2.24) is 15.7 Å². The van der Waals surface area contributed by atoms with Crippen LogP contribution in [-0.2, 0) is 9.63 Å². The number of piperidine rings is 1. The van der Waals surface area contributed by atoms with Crippen LogP contribution >= 0.6 is 0 Å². The van der Waals surface area contributed by atoms with Gasteiger partial charge in [0, 0.05) is 13.1 Å². The molecule has 0 bridgehead atoms. The smallest absolute Gasteiger partial charge is 0.260 e. The molecule has 0 spiro atoms. The summed E-state index contributed by atoms with van der Waals surface area (Å²) in [6.07, 6.45) is 3.15. The fraction of sp³-hybridized carbons (Fsp3) is 0.917. The van der Waals surface area contributed by atoms with Crippen LogP contribution in [0.4, 0.5) is 0 Å². The zero-order valence-electron chi connectivity index (χ0n) is 10.7. The molecule has 1 amide bonds. The second-order valence-electron chi connectivity index (χ2n) is 5.34. The first-order chi connectivity index (χ1) is 8.16. The van der Waals surface area contributed by atoms with E-state index in [-0.39, 0.29) is 18.1 Å². The lowest BCUT2D eigenvalue weighted by Crippen LogP contribution is -2.50. The van der Waals surface area contributed by atoms with Crippen LogP contribution in [0.2, 0.25) is 0 Å². The summed E-state index contributed by atoms with van der Waals surface area (Å²) in [6.45, 7) is 5.02. The molecule has 0 radical (unpaired) electrons. The Kier molecular flexibility index (Phi) is 4.36. The van der Waals surface area contributed by atoms with Gasteiger partial charge in [0.25, 0.3) is 5.91 Å². The highest BCUT2D eigenvalue weighted by Crippen LogP contribution is 2.20. The SMILES string of the molecule is CC1CCC(C(=O)NOC2CCNC2)N(C)C1. The van der Waals surface area contributed by atoms with Crippen LogP contribution in [0.3, 0.4) is 0 Å². The Bertz CT molecular complexity index is 266. The largest absolute Gasteiger partial charge is 0.314 e. The minimum Gasteiger partial charge on any atom is -0.314 e. The van der Waals surface area contributed by atoms with E-state index in [1.807, 2.05) is 7.05 Å². The van der Waals surface area contributed by atoms with Crippen molar-refractivity contribution in [2.75, 3.05) is 26.7 Å². The summed E-state index contributed by atoms with van der Waals surface area (Å²) in [5, 5.41) is 3.20. The number of hydroxylamine groups is 1. The third-order valence-electron chi connectivity index (χ3n) is 3.71. The van der Waals surface area contributed by atoms with Crippen molar-refractivity contribution >= 4 is 5.91 Å². The van der Waals surface area contributed by atoms with Gasteiger partial charge in [-0.1, -0.05) is 6.92 Å². The number of carbonyl (C=O) groups is 1. The molecule has 2 N–H and O–H groups in total. The Balaban J connectivity index is 1.74. The Morgan fingerprint density at radius 3 is 2.88 bits per heavy atom. The third kappa shape index (κ3) is 3.40. The highest BCUT2D eigenvalue weighted by atomic mass is 16.7. The summed E-state index contributed by atoms with van der Waals surface area (Å²) in [4.78, 5) is 19.5. The molecule has 3 unspecified atom stereocenters. The fourth-order valence-electron chi connectivity index (χ4n) is 2.64. The number of likely N-dealkylation sites (tertiary alicyclic amines) is 1. The number of nitrogens with one attached hydrogen (secondary N) is 2. The molecule has 98 valence electrons. The van der Waals surface area contributed by atoms with E-state index >= 15 is 0 Å². The van der Waals surface area contributed by atoms with Crippen molar-refractivity contribution < 1.29 is 9.63 Å². The number of amides is 1. The van der Waals surface area contributed by atoms with Crippen LogP contribution in [0.25, 0.3) is 0 Å². The molecular formula is C12H23N3O2. The van der Waals surface area contributed by atoms with Crippen LogP contribution in [0.1, 0.15) is 26.2 Å². The van der Waals surface area contributed by atoms with Gasteiger partial charge in [-0.15, -0.1) is 0 Å². The van der Waals surface area contributed by atoms with Gasteiger partial charge in [0.2, 0.25) is 0 Å². The second-order valence-corrected chi connectivity index (χ2v) is 5.34. The predicted octanol–water partition coefficient (Wildman–Crippen LogP) is 0.126. The number of carbonyl (C=O) groups excluding carboxylic acids is 1. The molecule has 3 atom stereocenters. The number of nitrogens with zero attached hydrogens (tertiary/aromatic N) is 1. The van der Waals surface area contributed by atoms with Crippen molar-refractivity contribution in [2.45, 2.75) is 38.3 Å². The Morgan fingerprint density at radius 2 is 2.24 bits per heavy atom. The summed E-state index contributed by atoms with van der Waals surface area (Å²) in [6, 6.07) is -0.0273. The molecule has 0 aromatic heterocycles. The quantitative estimate of drug-likeness (QED) is 0.690. The van der Waals surface area contributed by atoms with Crippen molar-refractivity contribution in [3.05, 3.63) is 0 Å². The maximum absolute atomic E-state index is 12.0. The van der Waals surface area contributed by atoms with Crippen LogP contribution in [0, 0.1) is 5.92 Å². The highest BCUT2D eigenvalue weighted by molar-refractivity contribution is 5.80. The van der Waals surface area contributed by atoms with E-state index in [2.05, 4.69) is 22.6 Å². The molecular weight excluding hydrogens is 218 g/mol. The van der Waals surface area contributed by atoms with Crippen LogP contribution < -0.4 is 10.8 Å². The summed E-state index contributed by atoms with van der Waals surface area (Å²) in [7, 11) is 2.01. The van der Waals surface area contributed by atoms with E-state index in [1.54, 1.807) is 0 Å². The monoisotopic (exact) mass is 241 g/mol. The van der Waals surface area contributed by atoms with Crippen molar-refractivity contribution in [3.63, 3.8) is 0 Å². The van der Waals surface area contributed by atoms with Crippen LogP contribution in [0.5, 0.6) is 0 Å². The number of likely N-dealkylation sites (N-methyl/N-ethyl adjacent to an activating group) is 1. The minimum absolute atomic E-state index is 0.00583. The minimum atomic E-state index is -0.0273. The molecule has 5 nitrogen and oxygen atoms in total. The molecule has 0 aromatic carbocycles. The lowest BCUT2D eigenvalue weighted by atomic mass is 9.94. The van der Waals surface area contributed by atoms with Crippen LogP contribution in [0.15, 0.2) is 0 Å². The molecule has 2 saturated heterocycles. The maximum atomic E-state index is 12.0. The average Bonchev–Trinajstić information content (AvgIpc) is 2.78. The van der Waals surface area contributed by atoms with Crippen molar-refractivity contribution in [2.24, 2.45) is 5.92 Å². The van der Waals surface area contributed by atoms with Crippen LogP contribution in [-0.4, -0.2) is 49.6 Å². The first-order valence-corrected chi connectivity index (χ1v) is 6.53. The molecule has 5 heteroatoms. The van der Waals surface area contributed by atoms with E-state index < -0.39 is 0 Å². The van der Waals surface area contributed by atoms with E-state index in [0.717, 1.165) is 38.9 Å². The molecule has 2 heterocycles. The third-order valence-corrected chi connectivity index (χ3v) is 3.71. The summed E-state index contributed by atoms with van der Waals surface area (Å²) in [5.41, 5.74) is 2.62. The molecule has 0 saturated carbocycles. The van der Waals surface area contributed by atoms with E-state index in [4.69, 9.17) is 4.84 Å². The molecule has 2 fully saturated rings. The molecule has 17 heavy (non-hydrogen) atoms. The zero-order chi connectivity index (χ0) is 12.3. The van der Waals surface area contributed by atoms with Gasteiger partial charge in [0.1, 0.15) is 0 Å². The molecule has 2 aliphatic rings. The van der Waals surface area contributed by atoms with Gasteiger partial charge in [0.15, 0.2) is 0 Å². The van der Waals surface area contributed by atoms with Gasteiger partial charge in [-0.3, -0.25) is 14.5 Å². The van der Waals surface area contributed by atoms with Gasteiger partial charge < -0.3 is 5.32 Å². The first kappa shape index (κ1) is 12.8. The zero-order valence-corrected chi connectivity index (χ0v) is 10.7. The fourth-order valence-corrected chi connectivity index (χ4v) is 2.64. The second kappa shape index (κ2) is 5.80. The lowest BCUT2D eigenvalue weighted by Gasteiger charge is -2.34. The van der Waals surface area contributed by atoms with E-state index in [1.165, 1.54) is 0 Å². The standard InChI is InChI=1S/C12H23N3O2/c1-9-3-4-11(15(2)8-9)12(16)14-17-10-5-6-13-7-10/h9-11,13H,3-8H2,1-2H3,(H,14,16). The first-order valence-electron chi connectivity index (χ1n) is 6.53. The van der Waals surface area contributed by atoms with Crippen molar-refractivity contribution in [1.29, 1.82) is 0 Å². The molecule has 2 aliphatic heterocycles. The van der Waals surface area contributed by atoms with Gasteiger partial charge in [0.05, 0.1) is 12.1 Å². The number of hydrogen-bond acceptors (Lipinski definition) is 4. The summed E-state index contributed by atoms with van der Waals surface area (Å²) < 4.78 is 0. The van der Waals surface area contributed by atoms with E-state index in [9.17, 15) is 4.79 Å². The average molecular weight is 241 g/mol.